The van der Waals surface area contributed by atoms with Crippen LogP contribution >= 0.6 is 0 Å². The maximum absolute atomic E-state index is 11.9. The van der Waals surface area contributed by atoms with Gasteiger partial charge in [-0.25, -0.2) is 0 Å². The van der Waals surface area contributed by atoms with Crippen LogP contribution in [-0.4, -0.2) is 19.7 Å². The smallest absolute Gasteiger partial charge is 0.258 e. The Morgan fingerprint density at radius 2 is 1.03 bits per heavy atom. The van der Waals surface area contributed by atoms with Gasteiger partial charge in [0.1, 0.15) is 0 Å². The fourth-order valence-corrected chi connectivity index (χ4v) is 4.54. The van der Waals surface area contributed by atoms with E-state index < -0.39 is 42.4 Å². The molecule has 191 valence electrons. The maximum atomic E-state index is 11.9. The first-order valence-electron chi connectivity index (χ1n) is 11.3. The average Bonchev–Trinajstić information content (AvgIpc) is 3.53. The van der Waals surface area contributed by atoms with Gasteiger partial charge in [-0.05, 0) is 48.5 Å². The van der Waals surface area contributed by atoms with Gasteiger partial charge in [-0.1, -0.05) is 36.4 Å². The largest absolute Gasteiger partial charge is 0.284 e. The molecule has 1 fully saturated rings. The summed E-state index contributed by atoms with van der Waals surface area (Å²) in [7, 11) is 0. The number of rotatable bonds is 7. The molecule has 0 spiro atoms. The highest BCUT2D eigenvalue weighted by molar-refractivity contribution is 6.12. The Balaban J connectivity index is 1.71. The molecule has 0 N–H and O–H groups in total. The fraction of sp³-hybridized carbons (Fsp3) is 0. The third-order valence-electron chi connectivity index (χ3n) is 6.25. The molecule has 39 heavy (non-hydrogen) atoms. The molecule has 12 heteroatoms. The first-order valence-corrected chi connectivity index (χ1v) is 11.3. The second-order valence-electron chi connectivity index (χ2n) is 8.58. The standard InChI is InChI=1S/C27H15N4O8/c32-28(33)19-12-22-21(11-18-9-7-17(8-10-18)6-5-16-3-1-2-4-16)23-13-20(29(34)35)15-25(31(38)39)27(23)26(22)24(14-19)30(36)37/h1-15H/b6-5-. The van der Waals surface area contributed by atoms with Crippen molar-refractivity contribution in [1.29, 1.82) is 0 Å². The summed E-state index contributed by atoms with van der Waals surface area (Å²) >= 11 is 0. The maximum Gasteiger partial charge on any atom is 0.284 e. The van der Waals surface area contributed by atoms with Gasteiger partial charge in [0.05, 0.1) is 43.0 Å². The van der Waals surface area contributed by atoms with E-state index in [9.17, 15) is 40.5 Å². The predicted molar refractivity (Wildman–Crippen MR) is 141 cm³/mol. The molecule has 1 saturated carbocycles. The molecule has 0 aromatic heterocycles. The highest BCUT2D eigenvalue weighted by Gasteiger charge is 2.40. The van der Waals surface area contributed by atoms with Gasteiger partial charge in [-0.3, -0.25) is 40.5 Å². The van der Waals surface area contributed by atoms with Gasteiger partial charge >= 0.3 is 0 Å². The Kier molecular flexibility index (Phi) is 6.44. The van der Waals surface area contributed by atoms with E-state index in [1.54, 1.807) is 24.3 Å². The summed E-state index contributed by atoms with van der Waals surface area (Å²) in [6.07, 6.45) is 13.1. The third-order valence-corrected chi connectivity index (χ3v) is 6.25. The zero-order chi connectivity index (χ0) is 27.8. The monoisotopic (exact) mass is 523 g/mol. The zero-order valence-electron chi connectivity index (χ0n) is 19.7. The van der Waals surface area contributed by atoms with E-state index in [2.05, 4.69) is 0 Å². The van der Waals surface area contributed by atoms with E-state index in [-0.39, 0.29) is 27.8 Å². The number of nitrogens with zero attached hydrogens (tertiary/aromatic N) is 4. The predicted octanol–water partition coefficient (Wildman–Crippen LogP) is 6.31. The third kappa shape index (κ3) is 4.75. The van der Waals surface area contributed by atoms with Crippen LogP contribution in [0.1, 0.15) is 22.3 Å². The van der Waals surface area contributed by atoms with E-state index in [1.165, 1.54) is 6.08 Å². The van der Waals surface area contributed by atoms with Crippen LogP contribution in [0.3, 0.4) is 0 Å². The van der Waals surface area contributed by atoms with Crippen LogP contribution in [0.25, 0.3) is 28.9 Å². The van der Waals surface area contributed by atoms with Gasteiger partial charge in [0.15, 0.2) is 0 Å². The Bertz CT molecular complexity index is 1540. The Morgan fingerprint density at radius 3 is 1.46 bits per heavy atom. The summed E-state index contributed by atoms with van der Waals surface area (Å²) in [4.78, 5) is 43.7. The minimum atomic E-state index is -0.864. The highest BCUT2D eigenvalue weighted by atomic mass is 16.6. The van der Waals surface area contributed by atoms with Gasteiger partial charge in [-0.15, -0.1) is 0 Å². The molecule has 0 unspecified atom stereocenters. The van der Waals surface area contributed by atoms with Crippen LogP contribution in [0.2, 0.25) is 0 Å². The van der Waals surface area contributed by atoms with E-state index in [0.717, 1.165) is 35.7 Å². The van der Waals surface area contributed by atoms with Gasteiger partial charge < -0.3 is 0 Å². The molecular weight excluding hydrogens is 508 g/mol. The average molecular weight is 523 g/mol. The molecule has 2 aliphatic rings. The molecule has 0 bridgehead atoms. The van der Waals surface area contributed by atoms with E-state index in [4.69, 9.17) is 0 Å². The number of hydrogen-bond acceptors (Lipinski definition) is 8. The van der Waals surface area contributed by atoms with Crippen molar-refractivity contribution < 1.29 is 19.7 Å². The molecule has 3 aromatic carbocycles. The van der Waals surface area contributed by atoms with Gasteiger partial charge in [-0.2, -0.15) is 0 Å². The van der Waals surface area contributed by atoms with Crippen molar-refractivity contribution in [2.45, 2.75) is 0 Å². The SMILES string of the molecule is O=[N+]([O-])c1cc2c(c([N+](=O)[O-])c1)-c1c(cc([N+](=O)[O-])cc1[N+](=O)[O-])C2=Cc1ccc(/C=C\[C]2[CH][CH][CH][CH]2)cc1. The molecule has 5 rings (SSSR count). The molecule has 0 aliphatic heterocycles. The fourth-order valence-electron chi connectivity index (χ4n) is 4.54. The Hall–Kier alpha value is -5.26. The Labute approximate surface area is 220 Å². The molecule has 5 radical (unpaired) electrons. The van der Waals surface area contributed by atoms with Gasteiger partial charge in [0.2, 0.25) is 0 Å². The van der Waals surface area contributed by atoms with Crippen LogP contribution < -0.4 is 0 Å². The molecule has 0 amide bonds. The second kappa shape index (κ2) is 9.89. The van der Waals surface area contributed by atoms with Crippen LogP contribution in [0, 0.1) is 72.1 Å². The zero-order valence-corrected chi connectivity index (χ0v) is 19.7. The summed E-state index contributed by atoms with van der Waals surface area (Å²) in [5.41, 5.74) is -1.45. The normalized spacial score (nSPS) is 14.3. The number of benzene rings is 3. The molecule has 3 aromatic rings. The number of nitro benzene ring substituents is 4. The molecule has 12 nitrogen and oxygen atoms in total. The van der Waals surface area contributed by atoms with Crippen LogP contribution in [0.5, 0.6) is 0 Å². The van der Waals surface area contributed by atoms with Crippen molar-refractivity contribution in [1.82, 2.24) is 0 Å². The van der Waals surface area contributed by atoms with Crippen molar-refractivity contribution in [2.75, 3.05) is 0 Å². The summed E-state index contributed by atoms with van der Waals surface area (Å²) in [5.74, 6) is 1.02. The number of hydrogen-bond donors (Lipinski definition) is 0. The van der Waals surface area contributed by atoms with Crippen LogP contribution in [0.4, 0.5) is 22.7 Å². The van der Waals surface area contributed by atoms with Crippen molar-refractivity contribution in [3.8, 4) is 11.1 Å². The quantitative estimate of drug-likeness (QED) is 0.200. The summed E-state index contributed by atoms with van der Waals surface area (Å²) in [6.45, 7) is 0. The molecule has 0 heterocycles. The lowest BCUT2D eigenvalue weighted by molar-refractivity contribution is -0.395. The number of nitro groups is 4. The van der Waals surface area contributed by atoms with Crippen molar-refractivity contribution >= 4 is 40.5 Å². The lowest BCUT2D eigenvalue weighted by atomic mass is 9.99. The lowest BCUT2D eigenvalue weighted by Crippen LogP contribution is -1.99. The van der Waals surface area contributed by atoms with Crippen molar-refractivity contribution in [3.63, 3.8) is 0 Å². The second-order valence-corrected chi connectivity index (χ2v) is 8.58. The number of fused-ring (bicyclic) bond motifs is 3. The summed E-state index contributed by atoms with van der Waals surface area (Å²) < 4.78 is 0. The van der Waals surface area contributed by atoms with Crippen molar-refractivity contribution in [2.24, 2.45) is 0 Å². The molecule has 2 aliphatic carbocycles. The van der Waals surface area contributed by atoms with Crippen LogP contribution in [-0.2, 0) is 0 Å². The lowest BCUT2D eigenvalue weighted by Gasteiger charge is -2.05. The van der Waals surface area contributed by atoms with E-state index in [1.807, 2.05) is 37.8 Å². The number of allylic oxidation sites excluding steroid dienone is 1. The minimum absolute atomic E-state index is 0.00493. The molecule has 0 atom stereocenters. The topological polar surface area (TPSA) is 173 Å². The molecular formula is C27H15N4O8. The molecule has 0 saturated heterocycles. The van der Waals surface area contributed by atoms with Gasteiger partial charge in [0, 0.05) is 29.2 Å². The first kappa shape index (κ1) is 25.4. The summed E-state index contributed by atoms with van der Waals surface area (Å²) in [6, 6.07) is 10.7. The van der Waals surface area contributed by atoms with E-state index in [0.29, 0.717) is 5.56 Å². The van der Waals surface area contributed by atoms with Crippen LogP contribution in [0.15, 0.2) is 54.6 Å². The van der Waals surface area contributed by atoms with Gasteiger partial charge in [0.25, 0.3) is 22.7 Å². The van der Waals surface area contributed by atoms with Crippen molar-refractivity contribution in [3.05, 3.63) is 149 Å². The summed E-state index contributed by atoms with van der Waals surface area (Å²) in [5, 5.41) is 47.0. The minimum Gasteiger partial charge on any atom is -0.258 e. The van der Waals surface area contributed by atoms with E-state index >= 15 is 0 Å². The highest BCUT2D eigenvalue weighted by Crippen LogP contribution is 2.54. The Morgan fingerprint density at radius 1 is 0.564 bits per heavy atom. The first-order chi connectivity index (χ1) is 18.6. The number of non-ortho nitro benzene ring substituents is 2.